The molecule has 1 aliphatic heterocycles. The Labute approximate surface area is 190 Å². The lowest BCUT2D eigenvalue weighted by atomic mass is 10.0. The first kappa shape index (κ1) is 22.7. The van der Waals surface area contributed by atoms with Crippen molar-refractivity contribution < 1.29 is 13.5 Å². The van der Waals surface area contributed by atoms with Gasteiger partial charge in [0.25, 0.3) is 11.4 Å². The standard InChI is InChI=1S/C24H25F2N5O2/c1-14-12-31(21-10-23(32)29(4)20-6-7-22(27-3)28-24(20)21)15(2)11-30(14)13-17-18(25)8-16(33-5)9-19(17)26/h6-10,14-15H,11-13H2,1-2,4-5H3/t14-,15+/m1/s1. The van der Waals surface area contributed by atoms with Crippen LogP contribution in [0.3, 0.4) is 0 Å². The third-order valence-electron chi connectivity index (χ3n) is 6.30. The van der Waals surface area contributed by atoms with E-state index in [0.717, 1.165) is 0 Å². The van der Waals surface area contributed by atoms with E-state index in [4.69, 9.17) is 11.3 Å². The molecule has 1 aromatic carbocycles. The zero-order valence-corrected chi connectivity index (χ0v) is 19.0. The molecule has 172 valence electrons. The average Bonchev–Trinajstić information content (AvgIpc) is 2.80. The van der Waals surface area contributed by atoms with E-state index in [1.165, 1.54) is 23.8 Å². The maximum Gasteiger partial charge on any atom is 0.270 e. The molecule has 1 aliphatic rings. The number of nitrogens with zero attached hydrogens (tertiary/aromatic N) is 5. The molecule has 1 saturated heterocycles. The van der Waals surface area contributed by atoms with Crippen molar-refractivity contribution in [2.45, 2.75) is 32.5 Å². The second kappa shape index (κ2) is 8.79. The van der Waals surface area contributed by atoms with Crippen LogP contribution in [0.1, 0.15) is 19.4 Å². The smallest absolute Gasteiger partial charge is 0.270 e. The Kier molecular flexibility index (Phi) is 6.04. The maximum absolute atomic E-state index is 14.5. The molecule has 0 radical (unpaired) electrons. The summed E-state index contributed by atoms with van der Waals surface area (Å²) in [6.07, 6.45) is 0. The molecule has 0 N–H and O–H groups in total. The molecule has 3 aromatic rings. The van der Waals surface area contributed by atoms with E-state index in [1.807, 2.05) is 18.7 Å². The predicted molar refractivity (Wildman–Crippen MR) is 123 cm³/mol. The quantitative estimate of drug-likeness (QED) is 0.562. The number of piperazine rings is 1. The highest BCUT2D eigenvalue weighted by Crippen LogP contribution is 2.31. The van der Waals surface area contributed by atoms with Gasteiger partial charge in [-0.25, -0.2) is 8.78 Å². The molecule has 0 amide bonds. The highest BCUT2D eigenvalue weighted by Gasteiger charge is 2.32. The van der Waals surface area contributed by atoms with Crippen LogP contribution in [-0.4, -0.2) is 46.7 Å². The van der Waals surface area contributed by atoms with E-state index in [0.29, 0.717) is 29.8 Å². The van der Waals surface area contributed by atoms with Crippen LogP contribution in [0, 0.1) is 18.2 Å². The van der Waals surface area contributed by atoms with Crippen LogP contribution in [0.25, 0.3) is 15.9 Å². The summed E-state index contributed by atoms with van der Waals surface area (Å²) in [5.74, 6) is -0.874. The maximum atomic E-state index is 14.5. The van der Waals surface area contributed by atoms with Gasteiger partial charge in [-0.15, -0.1) is 4.98 Å². The molecule has 0 unspecified atom stereocenters. The van der Waals surface area contributed by atoms with Gasteiger partial charge in [-0.3, -0.25) is 9.69 Å². The number of aryl methyl sites for hydroxylation is 1. The van der Waals surface area contributed by atoms with Crippen LogP contribution in [0.5, 0.6) is 5.75 Å². The predicted octanol–water partition coefficient (Wildman–Crippen LogP) is 3.87. The number of ether oxygens (including phenoxy) is 1. The molecular formula is C24H25F2N5O2. The molecule has 7 nitrogen and oxygen atoms in total. The number of rotatable bonds is 4. The van der Waals surface area contributed by atoms with Gasteiger partial charge in [-0.1, -0.05) is 6.57 Å². The molecule has 0 spiro atoms. The molecule has 1 fully saturated rings. The third kappa shape index (κ3) is 4.14. The monoisotopic (exact) mass is 453 g/mol. The van der Waals surface area contributed by atoms with Gasteiger partial charge < -0.3 is 19.0 Å². The van der Waals surface area contributed by atoms with Crippen LogP contribution < -0.4 is 15.2 Å². The van der Waals surface area contributed by atoms with Gasteiger partial charge >= 0.3 is 0 Å². The van der Waals surface area contributed by atoms with E-state index >= 15 is 0 Å². The molecule has 0 aliphatic carbocycles. The zero-order valence-electron chi connectivity index (χ0n) is 19.0. The van der Waals surface area contributed by atoms with Gasteiger partial charge in [0, 0.05) is 62.5 Å². The summed E-state index contributed by atoms with van der Waals surface area (Å²) >= 11 is 0. The minimum Gasteiger partial charge on any atom is -0.497 e. The SMILES string of the molecule is [C-]#[N+]c1ccc2c(n1)c(N1C[C@@H](C)N(Cc3c(F)cc(OC)cc3F)C[C@@H]1C)cc(=O)n2C. The van der Waals surface area contributed by atoms with Crippen molar-refractivity contribution in [2.75, 3.05) is 25.1 Å². The summed E-state index contributed by atoms with van der Waals surface area (Å²) < 4.78 is 35.5. The highest BCUT2D eigenvalue weighted by molar-refractivity contribution is 5.89. The van der Waals surface area contributed by atoms with Gasteiger partial charge in [0.1, 0.15) is 17.4 Å². The van der Waals surface area contributed by atoms with Crippen molar-refractivity contribution in [1.82, 2.24) is 14.5 Å². The number of methoxy groups -OCH3 is 1. The van der Waals surface area contributed by atoms with Crippen molar-refractivity contribution in [3.8, 4) is 5.75 Å². The number of benzene rings is 1. The summed E-state index contributed by atoms with van der Waals surface area (Å²) in [5.41, 5.74) is 1.74. The van der Waals surface area contributed by atoms with Crippen LogP contribution in [0.15, 0.2) is 35.1 Å². The summed E-state index contributed by atoms with van der Waals surface area (Å²) in [6.45, 7) is 12.5. The van der Waals surface area contributed by atoms with E-state index < -0.39 is 11.6 Å². The van der Waals surface area contributed by atoms with Crippen molar-refractivity contribution >= 4 is 22.5 Å². The van der Waals surface area contributed by atoms with E-state index in [9.17, 15) is 13.6 Å². The molecule has 2 atom stereocenters. The molecule has 0 bridgehead atoms. The number of aromatic nitrogens is 2. The number of fused-ring (bicyclic) bond motifs is 1. The molecule has 3 heterocycles. The Morgan fingerprint density at radius 3 is 2.48 bits per heavy atom. The molecule has 33 heavy (non-hydrogen) atoms. The van der Waals surface area contributed by atoms with Crippen LogP contribution in [0.2, 0.25) is 0 Å². The average molecular weight is 453 g/mol. The van der Waals surface area contributed by atoms with Crippen LogP contribution in [-0.2, 0) is 13.6 Å². The molecule has 4 rings (SSSR count). The van der Waals surface area contributed by atoms with Gasteiger partial charge in [0.05, 0.1) is 18.3 Å². The molecule has 9 heteroatoms. The Hall–Kier alpha value is -3.51. The first-order valence-corrected chi connectivity index (χ1v) is 10.6. The van der Waals surface area contributed by atoms with E-state index in [1.54, 1.807) is 25.2 Å². The van der Waals surface area contributed by atoms with E-state index in [2.05, 4.69) is 14.7 Å². The van der Waals surface area contributed by atoms with Crippen molar-refractivity contribution in [2.24, 2.45) is 7.05 Å². The fraction of sp³-hybridized carbons (Fsp3) is 0.375. The number of hydrogen-bond donors (Lipinski definition) is 0. The van der Waals surface area contributed by atoms with Crippen LogP contribution >= 0.6 is 0 Å². The van der Waals surface area contributed by atoms with Crippen molar-refractivity contribution in [3.63, 3.8) is 0 Å². The topological polar surface area (TPSA) is 55.0 Å². The van der Waals surface area contributed by atoms with Gasteiger partial charge in [0.2, 0.25) is 5.52 Å². The van der Waals surface area contributed by atoms with Gasteiger partial charge in [-0.05, 0) is 26.0 Å². The Bertz CT molecular complexity index is 1290. The van der Waals surface area contributed by atoms with Gasteiger partial charge in [-0.2, -0.15) is 0 Å². The summed E-state index contributed by atoms with van der Waals surface area (Å²) in [4.78, 5) is 24.6. The van der Waals surface area contributed by atoms with Crippen molar-refractivity contribution in [3.05, 3.63) is 69.3 Å². The second-order valence-corrected chi connectivity index (χ2v) is 8.43. The largest absolute Gasteiger partial charge is 0.497 e. The Balaban J connectivity index is 1.66. The number of hydrogen-bond acceptors (Lipinski definition) is 5. The number of pyridine rings is 2. The fourth-order valence-corrected chi connectivity index (χ4v) is 4.39. The normalized spacial score (nSPS) is 19.0. The Morgan fingerprint density at radius 2 is 1.85 bits per heavy atom. The lowest BCUT2D eigenvalue weighted by molar-refractivity contribution is 0.154. The lowest BCUT2D eigenvalue weighted by Gasteiger charge is -2.45. The summed E-state index contributed by atoms with van der Waals surface area (Å²) in [5, 5.41) is 0. The zero-order chi connectivity index (χ0) is 23.9. The second-order valence-electron chi connectivity index (χ2n) is 8.43. The van der Waals surface area contributed by atoms with Crippen molar-refractivity contribution in [1.29, 1.82) is 0 Å². The third-order valence-corrected chi connectivity index (χ3v) is 6.30. The van der Waals surface area contributed by atoms with Crippen LogP contribution in [0.4, 0.5) is 20.3 Å². The molecule has 2 aromatic heterocycles. The van der Waals surface area contributed by atoms with Gasteiger partial charge in [0.15, 0.2) is 0 Å². The summed E-state index contributed by atoms with van der Waals surface area (Å²) in [6, 6.07) is 7.15. The first-order chi connectivity index (χ1) is 15.7. The minimum absolute atomic E-state index is 0.00527. The fourth-order valence-electron chi connectivity index (χ4n) is 4.39. The molecular weight excluding hydrogens is 428 g/mol. The summed E-state index contributed by atoms with van der Waals surface area (Å²) in [7, 11) is 3.04. The molecule has 0 saturated carbocycles. The Morgan fingerprint density at radius 1 is 1.15 bits per heavy atom. The first-order valence-electron chi connectivity index (χ1n) is 10.6. The number of anilines is 1. The lowest BCUT2D eigenvalue weighted by Crippen LogP contribution is -2.56. The van der Waals surface area contributed by atoms with E-state index in [-0.39, 0.29) is 41.3 Å². The minimum atomic E-state index is -0.637. The number of halogens is 2. The highest BCUT2D eigenvalue weighted by atomic mass is 19.1.